The second kappa shape index (κ2) is 9.06. The molecule has 4 nitrogen and oxygen atoms in total. The number of rotatable bonds is 6. The van der Waals surface area contributed by atoms with Crippen LogP contribution in [0, 0.1) is 0 Å². The van der Waals surface area contributed by atoms with E-state index < -0.39 is 0 Å². The SMILES string of the molecule is CN=C(NCC(c1ccc(Cl)cc1)N(C)C)NC(C)c1cccs1. The van der Waals surface area contributed by atoms with Crippen molar-refractivity contribution in [2.45, 2.75) is 19.0 Å². The monoisotopic (exact) mass is 364 g/mol. The smallest absolute Gasteiger partial charge is 0.191 e. The summed E-state index contributed by atoms with van der Waals surface area (Å²) in [5.41, 5.74) is 1.22. The number of nitrogens with zero attached hydrogens (tertiary/aromatic N) is 2. The summed E-state index contributed by atoms with van der Waals surface area (Å²) in [5.74, 6) is 0.803. The fourth-order valence-corrected chi connectivity index (χ4v) is 3.35. The molecule has 0 radical (unpaired) electrons. The van der Waals surface area contributed by atoms with Crippen LogP contribution in [-0.4, -0.2) is 38.5 Å². The molecule has 0 aliphatic carbocycles. The van der Waals surface area contributed by atoms with Gasteiger partial charge in [0.25, 0.3) is 0 Å². The number of likely N-dealkylation sites (N-methyl/N-ethyl adjacent to an activating group) is 1. The number of nitrogens with one attached hydrogen (secondary N) is 2. The molecule has 0 spiro atoms. The summed E-state index contributed by atoms with van der Waals surface area (Å²) in [5, 5.41) is 9.70. The average Bonchev–Trinajstić information content (AvgIpc) is 3.09. The Bertz CT molecular complexity index is 638. The molecule has 1 heterocycles. The zero-order valence-electron chi connectivity index (χ0n) is 14.6. The van der Waals surface area contributed by atoms with Crippen LogP contribution in [0.4, 0.5) is 0 Å². The van der Waals surface area contributed by atoms with Gasteiger partial charge in [0.2, 0.25) is 0 Å². The van der Waals surface area contributed by atoms with E-state index in [2.05, 4.69) is 71.2 Å². The van der Waals surface area contributed by atoms with Crippen LogP contribution in [0.25, 0.3) is 0 Å². The summed E-state index contributed by atoms with van der Waals surface area (Å²) in [6, 6.07) is 12.7. The van der Waals surface area contributed by atoms with Crippen molar-refractivity contribution in [3.63, 3.8) is 0 Å². The minimum Gasteiger partial charge on any atom is -0.354 e. The minimum atomic E-state index is 0.226. The highest BCUT2D eigenvalue weighted by Crippen LogP contribution is 2.20. The third-order valence-corrected chi connectivity index (χ3v) is 5.19. The van der Waals surface area contributed by atoms with E-state index in [1.54, 1.807) is 18.4 Å². The summed E-state index contributed by atoms with van der Waals surface area (Å²) in [6.07, 6.45) is 0. The summed E-state index contributed by atoms with van der Waals surface area (Å²) in [7, 11) is 5.94. The van der Waals surface area contributed by atoms with Crippen molar-refractivity contribution in [1.82, 2.24) is 15.5 Å². The Morgan fingerprint density at radius 3 is 2.50 bits per heavy atom. The van der Waals surface area contributed by atoms with Gasteiger partial charge in [-0.15, -0.1) is 11.3 Å². The molecular weight excluding hydrogens is 340 g/mol. The maximum absolute atomic E-state index is 5.99. The van der Waals surface area contributed by atoms with Crippen molar-refractivity contribution in [2.24, 2.45) is 4.99 Å². The molecule has 0 bridgehead atoms. The molecule has 24 heavy (non-hydrogen) atoms. The number of hydrogen-bond acceptors (Lipinski definition) is 3. The molecule has 0 saturated carbocycles. The predicted octanol–water partition coefficient (Wildman–Crippen LogP) is 3.93. The van der Waals surface area contributed by atoms with Crippen molar-refractivity contribution >= 4 is 28.9 Å². The van der Waals surface area contributed by atoms with E-state index in [0.717, 1.165) is 17.5 Å². The van der Waals surface area contributed by atoms with E-state index in [-0.39, 0.29) is 12.1 Å². The normalized spacial score (nSPS) is 14.5. The van der Waals surface area contributed by atoms with Crippen LogP contribution in [-0.2, 0) is 0 Å². The standard InChI is InChI=1S/C18H25ClN4S/c1-13(17-6-5-11-24-17)22-18(20-2)21-12-16(23(3)4)14-7-9-15(19)10-8-14/h5-11,13,16H,12H2,1-4H3,(H2,20,21,22). The van der Waals surface area contributed by atoms with Crippen LogP contribution >= 0.6 is 22.9 Å². The first-order chi connectivity index (χ1) is 11.5. The van der Waals surface area contributed by atoms with Gasteiger partial charge in [-0.25, -0.2) is 0 Å². The molecule has 0 aliphatic rings. The highest BCUT2D eigenvalue weighted by molar-refractivity contribution is 7.10. The van der Waals surface area contributed by atoms with E-state index in [1.807, 2.05) is 12.1 Å². The van der Waals surface area contributed by atoms with Gasteiger partial charge in [-0.1, -0.05) is 29.8 Å². The van der Waals surface area contributed by atoms with Gasteiger partial charge in [0.05, 0.1) is 12.1 Å². The molecule has 2 rings (SSSR count). The number of guanidine groups is 1. The molecule has 130 valence electrons. The van der Waals surface area contributed by atoms with Gasteiger partial charge in [-0.2, -0.15) is 0 Å². The number of aliphatic imine (C=N–C) groups is 1. The first-order valence-corrected chi connectivity index (χ1v) is 9.19. The first-order valence-electron chi connectivity index (χ1n) is 7.93. The molecular formula is C18H25ClN4S. The van der Waals surface area contributed by atoms with Crippen LogP contribution in [0.15, 0.2) is 46.8 Å². The molecule has 0 aliphatic heterocycles. The maximum atomic E-state index is 5.99. The lowest BCUT2D eigenvalue weighted by molar-refractivity contribution is 0.298. The van der Waals surface area contributed by atoms with E-state index in [4.69, 9.17) is 11.6 Å². The Balaban J connectivity index is 1.98. The van der Waals surface area contributed by atoms with E-state index in [0.29, 0.717) is 0 Å². The van der Waals surface area contributed by atoms with Gasteiger partial charge in [0.15, 0.2) is 5.96 Å². The topological polar surface area (TPSA) is 39.7 Å². The number of benzene rings is 1. The van der Waals surface area contributed by atoms with Crippen molar-refractivity contribution in [3.05, 3.63) is 57.2 Å². The zero-order valence-corrected chi connectivity index (χ0v) is 16.2. The van der Waals surface area contributed by atoms with E-state index in [1.165, 1.54) is 10.4 Å². The lowest BCUT2D eigenvalue weighted by Gasteiger charge is -2.26. The lowest BCUT2D eigenvalue weighted by Crippen LogP contribution is -2.42. The van der Waals surface area contributed by atoms with Crippen LogP contribution in [0.1, 0.15) is 29.4 Å². The minimum absolute atomic E-state index is 0.226. The van der Waals surface area contributed by atoms with Gasteiger partial charge >= 0.3 is 0 Å². The second-order valence-electron chi connectivity index (χ2n) is 5.87. The van der Waals surface area contributed by atoms with Crippen LogP contribution in [0.2, 0.25) is 5.02 Å². The Morgan fingerprint density at radius 2 is 1.96 bits per heavy atom. The molecule has 0 saturated heterocycles. The van der Waals surface area contributed by atoms with Gasteiger partial charge in [0.1, 0.15) is 0 Å². The molecule has 0 fully saturated rings. The summed E-state index contributed by atoms with van der Waals surface area (Å²) >= 11 is 7.74. The quantitative estimate of drug-likeness (QED) is 0.602. The van der Waals surface area contributed by atoms with Crippen molar-refractivity contribution in [1.29, 1.82) is 0 Å². The Hall–Kier alpha value is -1.56. The number of hydrogen-bond donors (Lipinski definition) is 2. The maximum Gasteiger partial charge on any atom is 0.191 e. The lowest BCUT2D eigenvalue weighted by atomic mass is 10.1. The third-order valence-electron chi connectivity index (χ3n) is 3.89. The summed E-state index contributed by atoms with van der Waals surface area (Å²) < 4.78 is 0. The Kier molecular flexibility index (Phi) is 7.09. The average molecular weight is 365 g/mol. The van der Waals surface area contributed by atoms with Crippen molar-refractivity contribution in [3.8, 4) is 0 Å². The molecule has 2 unspecified atom stereocenters. The third kappa shape index (κ3) is 5.23. The van der Waals surface area contributed by atoms with Crippen LogP contribution in [0.5, 0.6) is 0 Å². The summed E-state index contributed by atoms with van der Waals surface area (Å²) in [6.45, 7) is 2.90. The van der Waals surface area contributed by atoms with Crippen molar-refractivity contribution in [2.75, 3.05) is 27.7 Å². The van der Waals surface area contributed by atoms with Crippen LogP contribution < -0.4 is 10.6 Å². The van der Waals surface area contributed by atoms with Crippen molar-refractivity contribution < 1.29 is 0 Å². The highest BCUT2D eigenvalue weighted by Gasteiger charge is 2.15. The molecule has 2 atom stereocenters. The largest absolute Gasteiger partial charge is 0.354 e. The molecule has 2 aromatic rings. The summed E-state index contributed by atoms with van der Waals surface area (Å²) in [4.78, 5) is 7.81. The second-order valence-corrected chi connectivity index (χ2v) is 7.28. The highest BCUT2D eigenvalue weighted by atomic mass is 35.5. The fraction of sp³-hybridized carbons (Fsp3) is 0.389. The first kappa shape index (κ1) is 18.8. The molecule has 6 heteroatoms. The van der Waals surface area contributed by atoms with Gasteiger partial charge in [-0.3, -0.25) is 4.99 Å². The Morgan fingerprint density at radius 1 is 1.25 bits per heavy atom. The number of halogens is 1. The van der Waals surface area contributed by atoms with E-state index in [9.17, 15) is 0 Å². The number of thiophene rings is 1. The van der Waals surface area contributed by atoms with Gasteiger partial charge < -0.3 is 15.5 Å². The molecule has 1 aromatic heterocycles. The predicted molar refractivity (Wildman–Crippen MR) is 105 cm³/mol. The zero-order chi connectivity index (χ0) is 17.5. The van der Waals surface area contributed by atoms with Gasteiger partial charge in [0, 0.05) is 23.5 Å². The fourth-order valence-electron chi connectivity index (χ4n) is 2.49. The Labute approximate surface area is 153 Å². The molecule has 1 aromatic carbocycles. The molecule has 2 N–H and O–H groups in total. The van der Waals surface area contributed by atoms with Gasteiger partial charge in [-0.05, 0) is 50.2 Å². The molecule has 0 amide bonds. The van der Waals surface area contributed by atoms with Crippen LogP contribution in [0.3, 0.4) is 0 Å². The van der Waals surface area contributed by atoms with E-state index >= 15 is 0 Å².